The van der Waals surface area contributed by atoms with Gasteiger partial charge < -0.3 is 36.4 Å². The molecule has 1 aromatic carbocycles. The van der Waals surface area contributed by atoms with E-state index < -0.39 is 47.5 Å². The van der Waals surface area contributed by atoms with Crippen molar-refractivity contribution in [3.05, 3.63) is 77.2 Å². The summed E-state index contributed by atoms with van der Waals surface area (Å²) in [7, 11) is 3.29. The second-order valence-corrected chi connectivity index (χ2v) is 11.5. The van der Waals surface area contributed by atoms with Gasteiger partial charge in [-0.05, 0) is 43.5 Å². The largest absolute Gasteiger partial charge is 0.403 e. The minimum Gasteiger partial charge on any atom is -0.403 e. The molecule has 3 atom stereocenters. The lowest BCUT2D eigenvalue weighted by atomic mass is 9.81. The number of hydrogen-bond acceptors (Lipinski definition) is 7. The van der Waals surface area contributed by atoms with Gasteiger partial charge in [-0.15, -0.1) is 0 Å². The zero-order valence-electron chi connectivity index (χ0n) is 24.9. The van der Waals surface area contributed by atoms with Gasteiger partial charge in [-0.2, -0.15) is 0 Å². The number of nitrogens with zero attached hydrogens (tertiary/aromatic N) is 4. The molecule has 2 aromatic rings. The van der Waals surface area contributed by atoms with Gasteiger partial charge in [-0.25, -0.2) is 18.6 Å². The zero-order chi connectivity index (χ0) is 32.8. The molecule has 2 fully saturated rings. The van der Waals surface area contributed by atoms with Crippen molar-refractivity contribution in [3.63, 3.8) is 0 Å². The van der Waals surface area contributed by atoms with Crippen molar-refractivity contribution in [2.24, 2.45) is 11.7 Å². The van der Waals surface area contributed by atoms with Crippen molar-refractivity contribution >= 4 is 46.9 Å². The number of piperazine rings is 1. The highest BCUT2D eigenvalue weighted by atomic mass is 35.5. The Balaban J connectivity index is 1.44. The monoisotopic (exact) mass is 644 g/mol. The highest BCUT2D eigenvalue weighted by molar-refractivity contribution is 6.39. The van der Waals surface area contributed by atoms with Gasteiger partial charge in [0.2, 0.25) is 5.91 Å². The molecule has 0 bridgehead atoms. The molecular formula is C30H35ClF2N8O4. The molecule has 5 amide bonds. The first-order chi connectivity index (χ1) is 21.4. The number of aromatic nitrogens is 1. The van der Waals surface area contributed by atoms with E-state index in [4.69, 9.17) is 17.3 Å². The summed E-state index contributed by atoms with van der Waals surface area (Å²) in [6, 6.07) is 4.24. The Morgan fingerprint density at radius 3 is 2.38 bits per heavy atom. The van der Waals surface area contributed by atoms with E-state index in [1.54, 1.807) is 19.0 Å². The molecule has 15 heteroatoms. The second kappa shape index (κ2) is 14.4. The molecule has 2 aliphatic rings. The Bertz CT molecular complexity index is 1480. The Morgan fingerprint density at radius 2 is 1.76 bits per heavy atom. The van der Waals surface area contributed by atoms with Crippen LogP contribution in [0.2, 0.25) is 5.02 Å². The number of nitrogens with one attached hydrogen (secondary N) is 3. The topological polar surface area (TPSA) is 153 Å². The third-order valence-corrected chi connectivity index (χ3v) is 7.96. The smallest absolute Gasteiger partial charge is 0.318 e. The second-order valence-electron chi connectivity index (χ2n) is 11.0. The molecule has 1 aliphatic carbocycles. The Labute approximate surface area is 264 Å². The number of benzene rings is 1. The predicted octanol–water partition coefficient (Wildman–Crippen LogP) is 2.49. The number of anilines is 1. The van der Waals surface area contributed by atoms with Crippen molar-refractivity contribution in [1.29, 1.82) is 0 Å². The Morgan fingerprint density at radius 1 is 1.04 bits per heavy atom. The van der Waals surface area contributed by atoms with Crippen LogP contribution in [0.25, 0.3) is 5.70 Å². The fourth-order valence-corrected chi connectivity index (χ4v) is 5.54. The van der Waals surface area contributed by atoms with Gasteiger partial charge in [-0.3, -0.25) is 14.4 Å². The van der Waals surface area contributed by atoms with Gasteiger partial charge in [0.05, 0.1) is 23.3 Å². The van der Waals surface area contributed by atoms with Crippen LogP contribution < -0.4 is 21.7 Å². The van der Waals surface area contributed by atoms with E-state index in [1.807, 2.05) is 0 Å². The van der Waals surface area contributed by atoms with Gasteiger partial charge in [0.15, 0.2) is 0 Å². The number of hydrogen-bond donors (Lipinski definition) is 4. The van der Waals surface area contributed by atoms with Crippen LogP contribution in [-0.4, -0.2) is 89.2 Å². The zero-order valence-corrected chi connectivity index (χ0v) is 25.6. The third-order valence-electron chi connectivity index (χ3n) is 7.74. The van der Waals surface area contributed by atoms with Crippen LogP contribution >= 0.6 is 11.6 Å². The summed E-state index contributed by atoms with van der Waals surface area (Å²) in [6.45, 7) is 4.47. The van der Waals surface area contributed by atoms with E-state index in [0.29, 0.717) is 29.3 Å². The minimum atomic E-state index is -0.950. The fraction of sp³-hybridized carbons (Fsp3) is 0.367. The van der Waals surface area contributed by atoms with E-state index in [1.165, 1.54) is 34.3 Å². The van der Waals surface area contributed by atoms with E-state index in [0.717, 1.165) is 18.2 Å². The van der Waals surface area contributed by atoms with Crippen LogP contribution in [0.4, 0.5) is 19.4 Å². The number of pyridine rings is 1. The lowest BCUT2D eigenvalue weighted by Crippen LogP contribution is -2.60. The third kappa shape index (κ3) is 8.26. The predicted molar refractivity (Wildman–Crippen MR) is 164 cm³/mol. The molecule has 12 nitrogen and oxygen atoms in total. The van der Waals surface area contributed by atoms with Crippen molar-refractivity contribution in [2.75, 3.05) is 39.0 Å². The van der Waals surface area contributed by atoms with Gasteiger partial charge >= 0.3 is 17.8 Å². The molecule has 0 radical (unpaired) electrons. The minimum absolute atomic E-state index is 0.0550. The number of carbonyl (C=O) groups is 4. The van der Waals surface area contributed by atoms with E-state index in [-0.39, 0.29) is 43.3 Å². The molecule has 45 heavy (non-hydrogen) atoms. The number of carbonyl (C=O) groups excluding carboxylic acids is 4. The summed E-state index contributed by atoms with van der Waals surface area (Å²) in [4.78, 5) is 60.3. The van der Waals surface area contributed by atoms with Crippen LogP contribution in [0, 0.1) is 17.6 Å². The summed E-state index contributed by atoms with van der Waals surface area (Å²) < 4.78 is 27.7. The van der Waals surface area contributed by atoms with Gasteiger partial charge in [0, 0.05) is 68.9 Å². The first-order valence-electron chi connectivity index (χ1n) is 14.2. The molecule has 1 saturated heterocycles. The van der Waals surface area contributed by atoms with Crippen LogP contribution in [0.1, 0.15) is 24.8 Å². The average Bonchev–Trinajstić information content (AvgIpc) is 3.01. The molecule has 1 saturated carbocycles. The van der Waals surface area contributed by atoms with Crippen molar-refractivity contribution in [1.82, 2.24) is 30.3 Å². The molecule has 4 rings (SSSR count). The highest BCUT2D eigenvalue weighted by Gasteiger charge is 2.38. The van der Waals surface area contributed by atoms with Gasteiger partial charge in [-0.1, -0.05) is 18.2 Å². The van der Waals surface area contributed by atoms with E-state index in [2.05, 4.69) is 27.5 Å². The molecule has 2 heterocycles. The standard InChI is InChI=1S/C30H35ClF2N8O4/c1-17(19-10-21(32)13-22(33)11-19)41-9-8-40(16-23(41)14-34)30(45)37-25-12-18(29(44)39(2)3)4-6-24(25)36-27(42)28(43)38-26-7-5-20(31)15-35-26/h5,7,10-11,13-15,18,24-25H,1,4,6,8-9,12,16,34H2,2-3H3,(H,36,42)(H,37,45)(H,35,38,43)/b23-14-/t18-,24-,25+/m0/s1. The lowest BCUT2D eigenvalue weighted by Gasteiger charge is -2.41. The number of halogens is 3. The molecule has 1 aliphatic heterocycles. The summed E-state index contributed by atoms with van der Waals surface area (Å²) in [5.41, 5.74) is 6.90. The van der Waals surface area contributed by atoms with Gasteiger partial charge in [0.25, 0.3) is 0 Å². The normalized spacial score (nSPS) is 20.7. The van der Waals surface area contributed by atoms with E-state index >= 15 is 0 Å². The molecular weight excluding hydrogens is 610 g/mol. The van der Waals surface area contributed by atoms with Crippen LogP contribution in [0.3, 0.4) is 0 Å². The van der Waals surface area contributed by atoms with Crippen molar-refractivity contribution < 1.29 is 28.0 Å². The van der Waals surface area contributed by atoms with E-state index in [9.17, 15) is 28.0 Å². The van der Waals surface area contributed by atoms with Crippen molar-refractivity contribution in [3.8, 4) is 0 Å². The SMILES string of the molecule is C=C(c1cc(F)cc(F)c1)N1CCN(C(=O)N[C@@H]2C[C@@H](C(=O)N(C)C)CC[C@@H]2NC(=O)C(=O)Nc2ccc(Cl)cn2)C/C1=C/N. The first kappa shape index (κ1) is 33.2. The quantitative estimate of drug-likeness (QED) is 0.353. The summed E-state index contributed by atoms with van der Waals surface area (Å²) in [5.74, 6) is -3.76. The number of nitrogens with two attached hydrogens (primary N) is 1. The maximum absolute atomic E-state index is 13.8. The Hall–Kier alpha value is -4.72. The molecule has 5 N–H and O–H groups in total. The van der Waals surface area contributed by atoms with Gasteiger partial charge in [0.1, 0.15) is 17.5 Å². The average molecular weight is 645 g/mol. The first-order valence-corrected chi connectivity index (χ1v) is 14.6. The summed E-state index contributed by atoms with van der Waals surface area (Å²) in [6.07, 6.45) is 3.63. The summed E-state index contributed by atoms with van der Waals surface area (Å²) >= 11 is 5.82. The van der Waals surface area contributed by atoms with Crippen molar-refractivity contribution in [2.45, 2.75) is 31.3 Å². The number of urea groups is 1. The fourth-order valence-electron chi connectivity index (χ4n) is 5.42. The van der Waals surface area contributed by atoms with Crippen LogP contribution in [-0.2, 0) is 14.4 Å². The maximum atomic E-state index is 13.8. The summed E-state index contributed by atoms with van der Waals surface area (Å²) in [5, 5.41) is 8.39. The highest BCUT2D eigenvalue weighted by Crippen LogP contribution is 2.28. The molecule has 1 aromatic heterocycles. The van der Waals surface area contributed by atoms with Crippen LogP contribution in [0.5, 0.6) is 0 Å². The Kier molecular flexibility index (Phi) is 10.6. The number of amides is 5. The maximum Gasteiger partial charge on any atom is 0.318 e. The number of rotatable bonds is 6. The van der Waals surface area contributed by atoms with Crippen LogP contribution in [0.15, 0.2) is 55.0 Å². The molecule has 0 unspecified atom stereocenters. The molecule has 0 spiro atoms. The molecule has 240 valence electrons. The lowest BCUT2D eigenvalue weighted by molar-refractivity contribution is -0.137.